The molecule has 3 N–H and O–H groups in total. The molecule has 3 rings (SSSR count). The topological polar surface area (TPSA) is 108 Å². The highest BCUT2D eigenvalue weighted by Crippen LogP contribution is 2.25. The predicted molar refractivity (Wildman–Crippen MR) is 98.9 cm³/mol. The molecule has 1 amide bonds. The number of carbonyl (C=O) groups excluding carboxylic acids is 1. The predicted octanol–water partition coefficient (Wildman–Crippen LogP) is 2.75. The second kappa shape index (κ2) is 8.13. The molecule has 0 saturated carbocycles. The number of carbonyl (C=O) groups is 1. The normalized spacial score (nSPS) is 20.4. The zero-order valence-electron chi connectivity index (χ0n) is 16.1. The number of anilines is 3. The van der Waals surface area contributed by atoms with Crippen LogP contribution >= 0.6 is 0 Å². The van der Waals surface area contributed by atoms with Crippen LogP contribution in [0.2, 0.25) is 0 Å². The van der Waals surface area contributed by atoms with Gasteiger partial charge in [0, 0.05) is 30.9 Å². The Balaban J connectivity index is 1.64. The van der Waals surface area contributed by atoms with Crippen LogP contribution in [0, 0.1) is 12.8 Å². The van der Waals surface area contributed by atoms with Crippen LogP contribution in [-0.2, 0) is 4.74 Å². The standard InChI is InChI=1S/C17H22F3N7O2/c1-9-7-27(8-12(9)23-16(28)29-11(3)17(18,19)20)15-22-10(2)6-14(25-15)24-13-4-5-21-26-13/h4-6,9,11-12H,7-8H2,1-3H3,(H,23,28)(H2,21,22,24,25,26)/t9-,11+,12-/m1/s1. The highest BCUT2D eigenvalue weighted by Gasteiger charge is 2.40. The van der Waals surface area contributed by atoms with Crippen molar-refractivity contribution in [2.45, 2.75) is 39.1 Å². The average Bonchev–Trinajstić information content (AvgIpc) is 3.24. The summed E-state index contributed by atoms with van der Waals surface area (Å²) in [5.41, 5.74) is 0.736. The summed E-state index contributed by atoms with van der Waals surface area (Å²) >= 11 is 0. The lowest BCUT2D eigenvalue weighted by Gasteiger charge is -2.20. The Labute approximate surface area is 165 Å². The maximum absolute atomic E-state index is 12.6. The van der Waals surface area contributed by atoms with Crippen LogP contribution in [-0.4, -0.2) is 57.7 Å². The summed E-state index contributed by atoms with van der Waals surface area (Å²) in [5, 5.41) is 12.2. The van der Waals surface area contributed by atoms with Crippen LogP contribution in [0.3, 0.4) is 0 Å². The number of aromatic nitrogens is 4. The summed E-state index contributed by atoms with van der Waals surface area (Å²) in [7, 11) is 0. The summed E-state index contributed by atoms with van der Waals surface area (Å²) < 4.78 is 42.1. The molecule has 12 heteroatoms. The van der Waals surface area contributed by atoms with Crippen molar-refractivity contribution in [2.75, 3.05) is 23.3 Å². The number of aryl methyl sites for hydroxylation is 1. The zero-order chi connectivity index (χ0) is 21.2. The number of aromatic amines is 1. The molecule has 3 atom stereocenters. The van der Waals surface area contributed by atoms with Crippen molar-refractivity contribution in [2.24, 2.45) is 5.92 Å². The number of nitrogens with one attached hydrogen (secondary N) is 3. The molecule has 0 bridgehead atoms. The molecule has 0 radical (unpaired) electrons. The Morgan fingerprint density at radius 1 is 1.38 bits per heavy atom. The number of H-pyrrole nitrogens is 1. The van der Waals surface area contributed by atoms with Gasteiger partial charge >= 0.3 is 12.3 Å². The number of ether oxygens (including phenoxy) is 1. The van der Waals surface area contributed by atoms with Crippen LogP contribution in [0.4, 0.5) is 35.5 Å². The second-order valence-electron chi connectivity index (χ2n) is 7.01. The van der Waals surface area contributed by atoms with Gasteiger partial charge in [-0.15, -0.1) is 0 Å². The summed E-state index contributed by atoms with van der Waals surface area (Å²) in [6.45, 7) is 5.39. The quantitative estimate of drug-likeness (QED) is 0.692. The van der Waals surface area contributed by atoms with Crippen molar-refractivity contribution < 1.29 is 22.7 Å². The van der Waals surface area contributed by atoms with E-state index in [1.54, 1.807) is 18.3 Å². The van der Waals surface area contributed by atoms with Crippen LogP contribution < -0.4 is 15.5 Å². The van der Waals surface area contributed by atoms with Gasteiger partial charge in [0.1, 0.15) is 11.6 Å². The van der Waals surface area contributed by atoms with Crippen LogP contribution in [0.5, 0.6) is 0 Å². The van der Waals surface area contributed by atoms with Gasteiger partial charge in [-0.2, -0.15) is 23.3 Å². The van der Waals surface area contributed by atoms with Crippen LogP contribution in [0.15, 0.2) is 18.3 Å². The molecule has 2 aromatic heterocycles. The van der Waals surface area contributed by atoms with Crippen molar-refractivity contribution >= 4 is 23.7 Å². The fourth-order valence-corrected chi connectivity index (χ4v) is 2.95. The monoisotopic (exact) mass is 413 g/mol. The third-order valence-corrected chi connectivity index (χ3v) is 4.55. The van der Waals surface area contributed by atoms with E-state index in [9.17, 15) is 18.0 Å². The molecule has 0 aromatic carbocycles. The van der Waals surface area contributed by atoms with Gasteiger partial charge in [0.25, 0.3) is 0 Å². The number of alkyl carbamates (subject to hydrolysis) is 1. The van der Waals surface area contributed by atoms with E-state index in [1.165, 1.54) is 0 Å². The van der Waals surface area contributed by atoms with Gasteiger partial charge in [-0.25, -0.2) is 9.78 Å². The van der Waals surface area contributed by atoms with Crippen molar-refractivity contribution in [3.63, 3.8) is 0 Å². The SMILES string of the molecule is Cc1cc(Nc2ccn[nH]2)nc(N2C[C@@H](C)[C@H](NC(=O)O[C@@H](C)C(F)(F)F)C2)n1. The number of hydrogen-bond acceptors (Lipinski definition) is 7. The highest BCUT2D eigenvalue weighted by atomic mass is 19.4. The van der Waals surface area contributed by atoms with Crippen molar-refractivity contribution in [3.8, 4) is 0 Å². The Bertz CT molecular complexity index is 844. The van der Waals surface area contributed by atoms with Gasteiger partial charge in [0.2, 0.25) is 5.95 Å². The first-order valence-electron chi connectivity index (χ1n) is 9.02. The molecule has 0 spiro atoms. The Morgan fingerprint density at radius 2 is 2.14 bits per heavy atom. The van der Waals surface area contributed by atoms with Gasteiger partial charge in [-0.3, -0.25) is 5.10 Å². The smallest absolute Gasteiger partial charge is 0.425 e. The Morgan fingerprint density at radius 3 is 2.79 bits per heavy atom. The molecule has 3 heterocycles. The fraction of sp³-hybridized carbons (Fsp3) is 0.529. The molecule has 1 aliphatic rings. The number of nitrogens with zero attached hydrogens (tertiary/aromatic N) is 4. The minimum absolute atomic E-state index is 0.0307. The third kappa shape index (κ3) is 5.27. The largest absolute Gasteiger partial charge is 0.437 e. The second-order valence-corrected chi connectivity index (χ2v) is 7.01. The van der Waals surface area contributed by atoms with E-state index in [4.69, 9.17) is 0 Å². The Kier molecular flexibility index (Phi) is 5.80. The molecule has 1 fully saturated rings. The molecule has 158 valence electrons. The fourth-order valence-electron chi connectivity index (χ4n) is 2.95. The first-order valence-corrected chi connectivity index (χ1v) is 9.02. The van der Waals surface area contributed by atoms with E-state index in [0.717, 1.165) is 12.6 Å². The summed E-state index contributed by atoms with van der Waals surface area (Å²) in [5.74, 6) is 1.67. The number of alkyl halides is 3. The molecule has 9 nitrogen and oxygen atoms in total. The average molecular weight is 413 g/mol. The van der Waals surface area contributed by atoms with Crippen molar-refractivity contribution in [1.82, 2.24) is 25.5 Å². The van der Waals surface area contributed by atoms with E-state index in [0.29, 0.717) is 30.7 Å². The number of hydrogen-bond donors (Lipinski definition) is 3. The molecule has 29 heavy (non-hydrogen) atoms. The van der Waals surface area contributed by atoms with E-state index >= 15 is 0 Å². The summed E-state index contributed by atoms with van der Waals surface area (Å²) in [6, 6.07) is 3.13. The first kappa shape index (κ1) is 20.7. The lowest BCUT2D eigenvalue weighted by atomic mass is 10.1. The third-order valence-electron chi connectivity index (χ3n) is 4.55. The van der Waals surface area contributed by atoms with Gasteiger partial charge in [-0.1, -0.05) is 6.92 Å². The minimum Gasteiger partial charge on any atom is -0.437 e. The number of amides is 1. The lowest BCUT2D eigenvalue weighted by molar-refractivity contribution is -0.197. The molecule has 2 aromatic rings. The van der Waals surface area contributed by atoms with Crippen molar-refractivity contribution in [3.05, 3.63) is 24.0 Å². The van der Waals surface area contributed by atoms with Gasteiger partial charge in [0.05, 0.1) is 12.2 Å². The van der Waals surface area contributed by atoms with E-state index in [2.05, 4.69) is 35.5 Å². The number of rotatable bonds is 5. The first-order chi connectivity index (χ1) is 13.6. The molecular weight excluding hydrogens is 391 g/mol. The maximum atomic E-state index is 12.6. The van der Waals surface area contributed by atoms with E-state index in [1.807, 2.05) is 18.7 Å². The minimum atomic E-state index is -4.60. The molecule has 1 saturated heterocycles. The van der Waals surface area contributed by atoms with Gasteiger partial charge in [-0.05, 0) is 19.8 Å². The van der Waals surface area contributed by atoms with Crippen LogP contribution in [0.1, 0.15) is 19.5 Å². The Hall–Kier alpha value is -3.05. The van der Waals surface area contributed by atoms with Crippen LogP contribution in [0.25, 0.3) is 0 Å². The maximum Gasteiger partial charge on any atom is 0.425 e. The van der Waals surface area contributed by atoms with Gasteiger partial charge in [0.15, 0.2) is 6.10 Å². The molecule has 0 aliphatic carbocycles. The van der Waals surface area contributed by atoms with E-state index in [-0.39, 0.29) is 5.92 Å². The molecule has 0 unspecified atom stereocenters. The molecular formula is C17H22F3N7O2. The highest BCUT2D eigenvalue weighted by molar-refractivity contribution is 5.68. The zero-order valence-corrected chi connectivity index (χ0v) is 16.1. The number of halogens is 3. The van der Waals surface area contributed by atoms with Crippen molar-refractivity contribution in [1.29, 1.82) is 0 Å². The summed E-state index contributed by atoms with van der Waals surface area (Å²) in [6.07, 6.45) is -6.26. The van der Waals surface area contributed by atoms with Gasteiger partial charge < -0.3 is 20.3 Å². The molecule has 1 aliphatic heterocycles. The van der Waals surface area contributed by atoms with E-state index < -0.39 is 24.4 Å². The lowest BCUT2D eigenvalue weighted by Crippen LogP contribution is -2.43. The summed E-state index contributed by atoms with van der Waals surface area (Å²) in [4.78, 5) is 22.6.